The van der Waals surface area contributed by atoms with Crippen molar-refractivity contribution >= 4 is 26.0 Å². The van der Waals surface area contributed by atoms with Gasteiger partial charge >= 0.3 is 10.1 Å². The number of benzene rings is 2. The van der Waals surface area contributed by atoms with E-state index in [4.69, 9.17) is 4.18 Å². The number of hydrogen-bond donors (Lipinski definition) is 0. The van der Waals surface area contributed by atoms with Crippen molar-refractivity contribution in [2.45, 2.75) is 18.7 Å². The molecule has 0 aliphatic carbocycles. The van der Waals surface area contributed by atoms with Crippen LogP contribution in [0.5, 0.6) is 5.75 Å². The molecule has 0 unspecified atom stereocenters. The normalized spacial score (nSPS) is 11.3. The van der Waals surface area contributed by atoms with Crippen molar-refractivity contribution in [3.8, 4) is 5.75 Å². The molecule has 0 atom stereocenters. The first kappa shape index (κ1) is 14.1. The highest BCUT2D eigenvalue weighted by Gasteiger charge is 2.16. The van der Waals surface area contributed by atoms with E-state index < -0.39 is 10.1 Å². The molecule has 0 radical (unpaired) electrons. The fourth-order valence-corrected chi connectivity index (χ4v) is 3.13. The second-order valence-corrected chi connectivity index (χ2v) is 6.78. The Morgan fingerprint density at radius 1 is 0.947 bits per heavy atom. The van der Waals surface area contributed by atoms with Crippen LogP contribution in [0.3, 0.4) is 0 Å². The van der Waals surface area contributed by atoms with Gasteiger partial charge in [-0.15, -0.1) is 0 Å². The van der Waals surface area contributed by atoms with Crippen molar-refractivity contribution < 1.29 is 12.6 Å². The minimum atomic E-state index is -3.78. The maximum absolute atomic E-state index is 12.1. The van der Waals surface area contributed by atoms with Gasteiger partial charge in [-0.25, -0.2) is 0 Å². The van der Waals surface area contributed by atoms with E-state index in [-0.39, 0.29) is 4.90 Å². The van der Waals surface area contributed by atoms with Crippen molar-refractivity contribution in [3.05, 3.63) is 58.1 Å². The molecule has 0 saturated carbocycles. The molecule has 0 amide bonds. The SMILES string of the molecule is Cc1ccc(S(=O)(=O)Oc2cc(C)cc(Br)c2)cc1. The predicted octanol–water partition coefficient (Wildman–Crippen LogP) is 3.83. The highest BCUT2D eigenvalue weighted by Crippen LogP contribution is 2.24. The minimum absolute atomic E-state index is 0.149. The first-order valence-corrected chi connectivity index (χ1v) is 7.85. The fraction of sp³-hybridized carbons (Fsp3) is 0.143. The van der Waals surface area contributed by atoms with E-state index >= 15 is 0 Å². The van der Waals surface area contributed by atoms with Crippen LogP contribution in [0.2, 0.25) is 0 Å². The largest absolute Gasteiger partial charge is 0.379 e. The van der Waals surface area contributed by atoms with Crippen LogP contribution < -0.4 is 4.18 Å². The average molecular weight is 341 g/mol. The second kappa shape index (κ2) is 5.35. The van der Waals surface area contributed by atoms with Gasteiger partial charge in [0.1, 0.15) is 10.6 Å². The molecule has 2 rings (SSSR count). The molecular weight excluding hydrogens is 328 g/mol. The Morgan fingerprint density at radius 2 is 1.58 bits per heavy atom. The Kier molecular flexibility index (Phi) is 3.96. The van der Waals surface area contributed by atoms with Gasteiger partial charge < -0.3 is 4.18 Å². The number of hydrogen-bond acceptors (Lipinski definition) is 3. The van der Waals surface area contributed by atoms with Crippen LogP contribution in [-0.2, 0) is 10.1 Å². The monoisotopic (exact) mass is 340 g/mol. The highest BCUT2D eigenvalue weighted by molar-refractivity contribution is 9.10. The zero-order valence-corrected chi connectivity index (χ0v) is 13.0. The van der Waals surface area contributed by atoms with E-state index in [0.717, 1.165) is 15.6 Å². The minimum Gasteiger partial charge on any atom is -0.379 e. The van der Waals surface area contributed by atoms with Crippen LogP contribution in [0.25, 0.3) is 0 Å². The van der Waals surface area contributed by atoms with Crippen LogP contribution in [0.4, 0.5) is 0 Å². The van der Waals surface area contributed by atoms with E-state index in [2.05, 4.69) is 15.9 Å². The van der Waals surface area contributed by atoms with Gasteiger partial charge in [-0.3, -0.25) is 0 Å². The molecule has 0 heterocycles. The predicted molar refractivity (Wildman–Crippen MR) is 77.9 cm³/mol. The molecule has 3 nitrogen and oxygen atoms in total. The van der Waals surface area contributed by atoms with Gasteiger partial charge in [0.25, 0.3) is 0 Å². The third-order valence-electron chi connectivity index (χ3n) is 2.53. The number of halogens is 1. The van der Waals surface area contributed by atoms with Crippen molar-refractivity contribution in [1.29, 1.82) is 0 Å². The molecule has 0 aromatic heterocycles. The summed E-state index contributed by atoms with van der Waals surface area (Å²) in [6.45, 7) is 3.77. The molecule has 2 aromatic rings. The molecule has 0 aliphatic rings. The zero-order chi connectivity index (χ0) is 14.0. The maximum Gasteiger partial charge on any atom is 0.339 e. The molecule has 0 saturated heterocycles. The molecule has 0 aliphatic heterocycles. The lowest BCUT2D eigenvalue weighted by atomic mass is 10.2. The third-order valence-corrected chi connectivity index (χ3v) is 4.25. The third kappa shape index (κ3) is 3.58. The van der Waals surface area contributed by atoms with Crippen LogP contribution in [0.15, 0.2) is 51.8 Å². The fourth-order valence-electron chi connectivity index (χ4n) is 1.63. The van der Waals surface area contributed by atoms with Gasteiger partial charge in [0.15, 0.2) is 0 Å². The molecular formula is C14H13BrO3S. The van der Waals surface area contributed by atoms with E-state index in [9.17, 15) is 8.42 Å². The van der Waals surface area contributed by atoms with Crippen LogP contribution in [0.1, 0.15) is 11.1 Å². The summed E-state index contributed by atoms with van der Waals surface area (Å²) in [4.78, 5) is 0.149. The Hall–Kier alpha value is -1.33. The van der Waals surface area contributed by atoms with Crippen molar-refractivity contribution in [2.24, 2.45) is 0 Å². The van der Waals surface area contributed by atoms with E-state index in [1.54, 1.807) is 24.3 Å². The van der Waals surface area contributed by atoms with Gasteiger partial charge in [0.2, 0.25) is 0 Å². The summed E-state index contributed by atoms with van der Waals surface area (Å²) in [5.74, 6) is 0.299. The second-order valence-electron chi connectivity index (χ2n) is 4.31. The van der Waals surface area contributed by atoms with E-state index in [0.29, 0.717) is 5.75 Å². The standard InChI is InChI=1S/C14H13BrO3S/c1-10-3-5-14(6-4-10)19(16,17)18-13-8-11(2)7-12(15)9-13/h3-9H,1-2H3. The molecule has 2 aromatic carbocycles. The van der Waals surface area contributed by atoms with E-state index in [1.165, 1.54) is 12.1 Å². The molecule has 0 N–H and O–H groups in total. The Bertz CT molecular complexity index is 671. The highest BCUT2D eigenvalue weighted by atomic mass is 79.9. The quantitative estimate of drug-likeness (QED) is 0.797. The number of rotatable bonds is 3. The smallest absolute Gasteiger partial charge is 0.339 e. The van der Waals surface area contributed by atoms with Crippen LogP contribution in [0, 0.1) is 13.8 Å². The van der Waals surface area contributed by atoms with Crippen LogP contribution in [-0.4, -0.2) is 8.42 Å². The summed E-state index contributed by atoms with van der Waals surface area (Å²) in [5, 5.41) is 0. The Morgan fingerprint density at radius 3 is 2.16 bits per heavy atom. The summed E-state index contributed by atoms with van der Waals surface area (Å²) in [6.07, 6.45) is 0. The van der Waals surface area contributed by atoms with Crippen molar-refractivity contribution in [2.75, 3.05) is 0 Å². The van der Waals surface area contributed by atoms with Gasteiger partial charge in [0.05, 0.1) is 0 Å². The van der Waals surface area contributed by atoms with Gasteiger partial charge in [0, 0.05) is 4.47 Å². The lowest BCUT2D eigenvalue weighted by Crippen LogP contribution is -2.09. The summed E-state index contributed by atoms with van der Waals surface area (Å²) >= 11 is 3.31. The Balaban J connectivity index is 2.33. The maximum atomic E-state index is 12.1. The van der Waals surface area contributed by atoms with Crippen molar-refractivity contribution in [3.63, 3.8) is 0 Å². The average Bonchev–Trinajstić information content (AvgIpc) is 2.27. The van der Waals surface area contributed by atoms with Crippen molar-refractivity contribution in [1.82, 2.24) is 0 Å². The lowest BCUT2D eigenvalue weighted by Gasteiger charge is -2.08. The summed E-state index contributed by atoms with van der Waals surface area (Å²) in [5.41, 5.74) is 1.92. The summed E-state index contributed by atoms with van der Waals surface area (Å²) in [7, 11) is -3.78. The van der Waals surface area contributed by atoms with Gasteiger partial charge in [-0.1, -0.05) is 33.6 Å². The molecule has 0 fully saturated rings. The molecule has 100 valence electrons. The first-order chi connectivity index (χ1) is 8.87. The Labute approximate surface area is 121 Å². The number of aryl methyl sites for hydroxylation is 2. The molecule has 0 spiro atoms. The van der Waals surface area contributed by atoms with Gasteiger partial charge in [-0.2, -0.15) is 8.42 Å². The topological polar surface area (TPSA) is 43.4 Å². The summed E-state index contributed by atoms with van der Waals surface area (Å²) < 4.78 is 30.1. The lowest BCUT2D eigenvalue weighted by molar-refractivity contribution is 0.485. The molecule has 0 bridgehead atoms. The zero-order valence-electron chi connectivity index (χ0n) is 10.6. The molecule has 19 heavy (non-hydrogen) atoms. The van der Waals surface area contributed by atoms with E-state index in [1.807, 2.05) is 19.9 Å². The van der Waals surface area contributed by atoms with Crippen LogP contribution >= 0.6 is 15.9 Å². The summed E-state index contributed by atoms with van der Waals surface area (Å²) in [6, 6.07) is 11.7. The molecule has 5 heteroatoms. The first-order valence-electron chi connectivity index (χ1n) is 5.65. The van der Waals surface area contributed by atoms with Gasteiger partial charge in [-0.05, 0) is 49.7 Å².